The molecule has 2 rings (SSSR count). The Balaban J connectivity index is 2.06. The molecule has 1 aliphatic carbocycles. The zero-order chi connectivity index (χ0) is 16.3. The third-order valence-corrected chi connectivity index (χ3v) is 3.98. The van der Waals surface area contributed by atoms with E-state index in [0.717, 1.165) is 18.4 Å². The summed E-state index contributed by atoms with van der Waals surface area (Å²) < 4.78 is 0. The molecule has 22 heavy (non-hydrogen) atoms. The highest BCUT2D eigenvalue weighted by Crippen LogP contribution is 2.27. The van der Waals surface area contributed by atoms with E-state index in [2.05, 4.69) is 10.6 Å². The van der Waals surface area contributed by atoms with E-state index in [1.54, 1.807) is 18.2 Å². The average molecular weight is 304 g/mol. The van der Waals surface area contributed by atoms with Gasteiger partial charge < -0.3 is 15.7 Å². The quantitative estimate of drug-likeness (QED) is 0.798. The molecule has 2 atom stereocenters. The predicted octanol–water partition coefficient (Wildman–Crippen LogP) is 2.23. The second-order valence-corrected chi connectivity index (χ2v) is 6.25. The molecule has 120 valence electrons. The number of anilines is 1. The van der Waals surface area contributed by atoms with Crippen molar-refractivity contribution in [2.24, 2.45) is 5.92 Å². The molecule has 0 radical (unpaired) electrons. The van der Waals surface area contributed by atoms with Crippen LogP contribution in [0.4, 0.5) is 5.69 Å². The van der Waals surface area contributed by atoms with Gasteiger partial charge in [0.2, 0.25) is 5.91 Å². The van der Waals surface area contributed by atoms with Crippen molar-refractivity contribution in [3.8, 4) is 0 Å². The van der Waals surface area contributed by atoms with Gasteiger partial charge >= 0.3 is 0 Å². The van der Waals surface area contributed by atoms with Gasteiger partial charge in [-0.2, -0.15) is 0 Å². The average Bonchev–Trinajstić information content (AvgIpc) is 2.86. The van der Waals surface area contributed by atoms with E-state index in [1.165, 1.54) is 0 Å². The van der Waals surface area contributed by atoms with Crippen LogP contribution in [0.15, 0.2) is 18.2 Å². The molecule has 2 unspecified atom stereocenters. The molecule has 0 aromatic heterocycles. The van der Waals surface area contributed by atoms with Gasteiger partial charge in [0.15, 0.2) is 0 Å². The number of amides is 2. The Morgan fingerprint density at radius 3 is 2.55 bits per heavy atom. The molecular formula is C17H24N2O3. The smallest absolute Gasteiger partial charge is 0.251 e. The van der Waals surface area contributed by atoms with E-state index in [4.69, 9.17) is 0 Å². The lowest BCUT2D eigenvalue weighted by atomic mass is 10.0. The fraction of sp³-hybridized carbons (Fsp3) is 0.529. The number of carbonyl (C=O) groups excluding carboxylic acids is 2. The number of nitrogens with one attached hydrogen (secondary N) is 2. The van der Waals surface area contributed by atoms with Crippen LogP contribution >= 0.6 is 0 Å². The lowest BCUT2D eigenvalue weighted by Gasteiger charge is -2.16. The van der Waals surface area contributed by atoms with Crippen molar-refractivity contribution in [1.29, 1.82) is 0 Å². The third-order valence-electron chi connectivity index (χ3n) is 3.98. The summed E-state index contributed by atoms with van der Waals surface area (Å²) in [5.41, 5.74) is 2.09. The summed E-state index contributed by atoms with van der Waals surface area (Å²) in [5.74, 6) is -0.599. The van der Waals surface area contributed by atoms with Gasteiger partial charge in [-0.15, -0.1) is 0 Å². The molecule has 1 saturated carbocycles. The van der Waals surface area contributed by atoms with Crippen LogP contribution in [0.1, 0.15) is 49.0 Å². The standard InChI is InChI=1S/C17H24N2O3/c1-10(2)18-16(21)12-7-8-14(11(3)9-12)19-17(22)13-5-4-6-15(13)20/h7-10,13,15,20H,4-6H2,1-3H3,(H,18,21)(H,19,22). The van der Waals surface area contributed by atoms with E-state index < -0.39 is 6.10 Å². The first-order valence-electron chi connectivity index (χ1n) is 7.79. The van der Waals surface area contributed by atoms with Crippen molar-refractivity contribution < 1.29 is 14.7 Å². The number of hydrogen-bond donors (Lipinski definition) is 3. The molecule has 3 N–H and O–H groups in total. The minimum atomic E-state index is -0.545. The molecule has 0 bridgehead atoms. The molecule has 5 heteroatoms. The number of carbonyl (C=O) groups is 2. The molecule has 1 aromatic rings. The lowest BCUT2D eigenvalue weighted by molar-refractivity contribution is -0.122. The Kier molecular flexibility index (Phi) is 5.19. The van der Waals surface area contributed by atoms with Crippen molar-refractivity contribution in [1.82, 2.24) is 5.32 Å². The number of rotatable bonds is 4. The first-order chi connectivity index (χ1) is 10.4. The van der Waals surface area contributed by atoms with Gasteiger partial charge in [0.25, 0.3) is 5.91 Å². The number of aliphatic hydroxyl groups is 1. The van der Waals surface area contributed by atoms with Crippen LogP contribution in [0.2, 0.25) is 0 Å². The van der Waals surface area contributed by atoms with Gasteiger partial charge in [-0.1, -0.05) is 0 Å². The Hall–Kier alpha value is -1.88. The van der Waals surface area contributed by atoms with Crippen LogP contribution in [0, 0.1) is 12.8 Å². The zero-order valence-corrected chi connectivity index (χ0v) is 13.3. The van der Waals surface area contributed by atoms with Crippen LogP contribution in [-0.4, -0.2) is 29.1 Å². The normalized spacial score (nSPS) is 21.0. The zero-order valence-electron chi connectivity index (χ0n) is 13.3. The van der Waals surface area contributed by atoms with E-state index in [0.29, 0.717) is 17.7 Å². The topological polar surface area (TPSA) is 78.4 Å². The summed E-state index contributed by atoms with van der Waals surface area (Å²) in [7, 11) is 0. The second-order valence-electron chi connectivity index (χ2n) is 6.25. The Bertz CT molecular complexity index is 569. The monoisotopic (exact) mass is 304 g/mol. The van der Waals surface area contributed by atoms with Gasteiger partial charge in [0.05, 0.1) is 12.0 Å². The van der Waals surface area contributed by atoms with Crippen LogP contribution in [0.3, 0.4) is 0 Å². The van der Waals surface area contributed by atoms with Crippen molar-refractivity contribution in [3.05, 3.63) is 29.3 Å². The molecule has 5 nitrogen and oxygen atoms in total. The Morgan fingerprint density at radius 1 is 1.27 bits per heavy atom. The molecular weight excluding hydrogens is 280 g/mol. The first kappa shape index (κ1) is 16.5. The maximum absolute atomic E-state index is 12.2. The number of aryl methyl sites for hydroxylation is 1. The fourth-order valence-corrected chi connectivity index (χ4v) is 2.76. The summed E-state index contributed by atoms with van der Waals surface area (Å²) in [6, 6.07) is 5.28. The third kappa shape index (κ3) is 3.85. The van der Waals surface area contributed by atoms with Gasteiger partial charge in [-0.3, -0.25) is 9.59 Å². The highest BCUT2D eigenvalue weighted by molar-refractivity contribution is 5.97. The van der Waals surface area contributed by atoms with Crippen molar-refractivity contribution >= 4 is 17.5 Å². The van der Waals surface area contributed by atoms with Gasteiger partial charge in [-0.05, 0) is 63.8 Å². The molecule has 2 amide bonds. The van der Waals surface area contributed by atoms with Crippen molar-refractivity contribution in [3.63, 3.8) is 0 Å². The summed E-state index contributed by atoms with van der Waals surface area (Å²) in [6.07, 6.45) is 1.75. The molecule has 0 heterocycles. The largest absolute Gasteiger partial charge is 0.392 e. The SMILES string of the molecule is Cc1cc(C(=O)NC(C)C)ccc1NC(=O)C1CCCC1O. The van der Waals surface area contributed by atoms with E-state index in [-0.39, 0.29) is 23.8 Å². The van der Waals surface area contributed by atoms with E-state index in [9.17, 15) is 14.7 Å². The van der Waals surface area contributed by atoms with Crippen LogP contribution < -0.4 is 10.6 Å². The van der Waals surface area contributed by atoms with Crippen molar-refractivity contribution in [2.75, 3.05) is 5.32 Å². The molecule has 1 aliphatic rings. The van der Waals surface area contributed by atoms with Gasteiger partial charge in [-0.25, -0.2) is 0 Å². The first-order valence-corrected chi connectivity index (χ1v) is 7.79. The maximum Gasteiger partial charge on any atom is 0.251 e. The second kappa shape index (κ2) is 6.92. The maximum atomic E-state index is 12.2. The molecule has 1 aromatic carbocycles. The lowest BCUT2D eigenvalue weighted by Crippen LogP contribution is -2.30. The highest BCUT2D eigenvalue weighted by atomic mass is 16.3. The minimum Gasteiger partial charge on any atom is -0.392 e. The van der Waals surface area contributed by atoms with Crippen LogP contribution in [0.25, 0.3) is 0 Å². The molecule has 0 aliphatic heterocycles. The number of benzene rings is 1. The molecule has 0 spiro atoms. The predicted molar refractivity (Wildman–Crippen MR) is 85.8 cm³/mol. The molecule has 0 saturated heterocycles. The van der Waals surface area contributed by atoms with Crippen LogP contribution in [-0.2, 0) is 4.79 Å². The summed E-state index contributed by atoms with van der Waals surface area (Å²) >= 11 is 0. The fourth-order valence-electron chi connectivity index (χ4n) is 2.76. The Morgan fingerprint density at radius 2 is 2.00 bits per heavy atom. The van der Waals surface area contributed by atoms with E-state index in [1.807, 2.05) is 20.8 Å². The Labute approximate surface area is 131 Å². The van der Waals surface area contributed by atoms with E-state index >= 15 is 0 Å². The van der Waals surface area contributed by atoms with Gasteiger partial charge in [0.1, 0.15) is 0 Å². The summed E-state index contributed by atoms with van der Waals surface area (Å²) in [4.78, 5) is 24.2. The van der Waals surface area contributed by atoms with Crippen LogP contribution in [0.5, 0.6) is 0 Å². The van der Waals surface area contributed by atoms with Crippen molar-refractivity contribution in [2.45, 2.75) is 52.2 Å². The highest BCUT2D eigenvalue weighted by Gasteiger charge is 2.31. The molecule has 1 fully saturated rings. The number of hydrogen-bond acceptors (Lipinski definition) is 3. The number of aliphatic hydroxyl groups excluding tert-OH is 1. The van der Waals surface area contributed by atoms with Gasteiger partial charge in [0, 0.05) is 17.3 Å². The summed E-state index contributed by atoms with van der Waals surface area (Å²) in [5, 5.41) is 15.5. The summed E-state index contributed by atoms with van der Waals surface area (Å²) in [6.45, 7) is 5.67. The minimum absolute atomic E-state index is 0.0797.